The van der Waals surface area contributed by atoms with Gasteiger partial charge in [0.05, 0.1) is 6.42 Å². The van der Waals surface area contributed by atoms with Crippen LogP contribution in [0.1, 0.15) is 52.9 Å². The average Bonchev–Trinajstić information content (AvgIpc) is 3.41. The van der Waals surface area contributed by atoms with Crippen molar-refractivity contribution in [3.05, 3.63) is 24.3 Å². The number of carboxylic acids is 1. The van der Waals surface area contributed by atoms with Crippen LogP contribution >= 0.6 is 0 Å². The first-order valence-corrected chi connectivity index (χ1v) is 10.5. The molecule has 1 unspecified atom stereocenters. The monoisotopic (exact) mass is 390 g/mol. The van der Waals surface area contributed by atoms with Gasteiger partial charge in [0, 0.05) is 31.7 Å². The molecule has 0 spiro atoms. The summed E-state index contributed by atoms with van der Waals surface area (Å²) in [4.78, 5) is 28.1. The number of carbonyl (C=O) groups excluding carboxylic acids is 1. The number of allylic oxidation sites excluding steroid dienone is 4. The number of hydrogen-bond acceptors (Lipinski definition) is 4. The molecule has 6 nitrogen and oxygen atoms in total. The smallest absolute Gasteiger partial charge is 0.410 e. The molecule has 0 bridgehead atoms. The molecule has 2 aliphatic carbocycles. The molecule has 28 heavy (non-hydrogen) atoms. The highest BCUT2D eigenvalue weighted by molar-refractivity contribution is 5.69. The van der Waals surface area contributed by atoms with Crippen LogP contribution in [0.5, 0.6) is 0 Å². The van der Waals surface area contributed by atoms with Crippen molar-refractivity contribution in [1.29, 1.82) is 0 Å². The van der Waals surface area contributed by atoms with E-state index in [0.717, 1.165) is 38.8 Å². The summed E-state index contributed by atoms with van der Waals surface area (Å²) in [5, 5.41) is 8.89. The number of amides is 1. The molecule has 3 atom stereocenters. The number of ether oxygens (including phenoxy) is 1. The third kappa shape index (κ3) is 5.60. The topological polar surface area (TPSA) is 70.1 Å². The Kier molecular flexibility index (Phi) is 6.48. The maximum absolute atomic E-state index is 13.0. The van der Waals surface area contributed by atoms with Crippen LogP contribution < -0.4 is 0 Å². The lowest BCUT2D eigenvalue weighted by molar-refractivity contribution is -0.137. The highest BCUT2D eigenvalue weighted by atomic mass is 16.6. The summed E-state index contributed by atoms with van der Waals surface area (Å²) in [5.74, 6) is 0.266. The molecule has 1 aliphatic heterocycles. The van der Waals surface area contributed by atoms with Gasteiger partial charge >= 0.3 is 12.1 Å². The molecule has 3 rings (SSSR count). The van der Waals surface area contributed by atoms with Crippen molar-refractivity contribution in [3.8, 4) is 0 Å². The van der Waals surface area contributed by atoms with E-state index in [9.17, 15) is 9.59 Å². The van der Waals surface area contributed by atoms with E-state index in [1.165, 1.54) is 0 Å². The molecule has 1 saturated carbocycles. The number of piperidine rings is 1. The van der Waals surface area contributed by atoms with E-state index in [-0.39, 0.29) is 24.6 Å². The Morgan fingerprint density at radius 2 is 1.93 bits per heavy atom. The van der Waals surface area contributed by atoms with E-state index in [0.29, 0.717) is 18.4 Å². The molecule has 1 amide bonds. The van der Waals surface area contributed by atoms with Crippen LogP contribution in [-0.2, 0) is 9.53 Å². The van der Waals surface area contributed by atoms with Crippen LogP contribution in [0, 0.1) is 11.8 Å². The normalized spacial score (nSPS) is 28.2. The van der Waals surface area contributed by atoms with E-state index >= 15 is 0 Å². The van der Waals surface area contributed by atoms with Crippen LogP contribution in [0.2, 0.25) is 0 Å². The van der Waals surface area contributed by atoms with Crippen molar-refractivity contribution in [2.45, 2.75) is 70.6 Å². The first kappa shape index (κ1) is 20.9. The summed E-state index contributed by atoms with van der Waals surface area (Å²) in [6.07, 6.45) is 12.5. The van der Waals surface area contributed by atoms with Crippen molar-refractivity contribution in [2.75, 3.05) is 19.6 Å². The quantitative estimate of drug-likeness (QED) is 0.749. The third-order valence-electron chi connectivity index (χ3n) is 5.92. The first-order chi connectivity index (χ1) is 13.2. The lowest BCUT2D eigenvalue weighted by Crippen LogP contribution is -2.50. The van der Waals surface area contributed by atoms with Crippen molar-refractivity contribution in [1.82, 2.24) is 9.80 Å². The first-order valence-electron chi connectivity index (χ1n) is 10.5. The molecular formula is C22H34N2O4. The fraction of sp³-hybridized carbons (Fsp3) is 0.727. The van der Waals surface area contributed by atoms with Crippen molar-refractivity contribution in [2.24, 2.45) is 11.8 Å². The zero-order valence-corrected chi connectivity index (χ0v) is 17.3. The lowest BCUT2D eigenvalue weighted by atomic mass is 9.95. The number of nitrogens with zero attached hydrogens (tertiary/aromatic N) is 2. The number of rotatable bonds is 6. The van der Waals surface area contributed by atoms with Gasteiger partial charge in [0.15, 0.2) is 0 Å². The maximum atomic E-state index is 13.0. The van der Waals surface area contributed by atoms with Gasteiger partial charge in [-0.25, -0.2) is 4.79 Å². The highest BCUT2D eigenvalue weighted by Gasteiger charge is 2.50. The fourth-order valence-electron chi connectivity index (χ4n) is 4.44. The van der Waals surface area contributed by atoms with E-state index in [2.05, 4.69) is 29.2 Å². The SMILES string of the molecule is CC(C)(C)OC(=O)N(C1CCN(CCC(=O)O)CC1)[C@@H]1C[C@H]1C1C=CC=CC1. The molecular weight excluding hydrogens is 356 g/mol. The van der Waals surface area contributed by atoms with Gasteiger partial charge in [-0.1, -0.05) is 24.3 Å². The van der Waals surface area contributed by atoms with Crippen molar-refractivity contribution < 1.29 is 19.4 Å². The molecule has 156 valence electrons. The molecule has 1 saturated heterocycles. The molecule has 0 radical (unpaired) electrons. The predicted molar refractivity (Wildman–Crippen MR) is 108 cm³/mol. The van der Waals surface area contributed by atoms with E-state index in [1.54, 1.807) is 0 Å². The lowest BCUT2D eigenvalue weighted by Gasteiger charge is -2.39. The standard InChI is InChI=1S/C22H34N2O4/c1-22(2,3)28-21(27)24(19-15-18(19)16-7-5-4-6-8-16)17-9-12-23(13-10-17)14-11-20(25)26/h4-7,16-19H,8-15H2,1-3H3,(H,25,26)/t16?,18-,19+/m0/s1. The highest BCUT2D eigenvalue weighted by Crippen LogP contribution is 2.46. The van der Waals surface area contributed by atoms with Crippen LogP contribution in [0.3, 0.4) is 0 Å². The Balaban J connectivity index is 1.63. The van der Waals surface area contributed by atoms with Gasteiger partial charge in [-0.2, -0.15) is 0 Å². The molecule has 1 N–H and O–H groups in total. The second-order valence-corrected chi connectivity index (χ2v) is 9.28. The second-order valence-electron chi connectivity index (χ2n) is 9.28. The van der Waals surface area contributed by atoms with Crippen LogP contribution in [0.4, 0.5) is 4.79 Å². The molecule has 3 aliphatic rings. The van der Waals surface area contributed by atoms with Crippen LogP contribution in [0.15, 0.2) is 24.3 Å². The third-order valence-corrected chi connectivity index (χ3v) is 5.92. The van der Waals surface area contributed by atoms with Crippen LogP contribution in [-0.4, -0.2) is 64.3 Å². The molecule has 0 aromatic carbocycles. The zero-order valence-electron chi connectivity index (χ0n) is 17.3. The Labute approximate surface area is 168 Å². The Bertz CT molecular complexity index is 629. The largest absolute Gasteiger partial charge is 0.481 e. The molecule has 1 heterocycles. The fourth-order valence-corrected chi connectivity index (χ4v) is 4.44. The summed E-state index contributed by atoms with van der Waals surface area (Å²) in [7, 11) is 0. The summed E-state index contributed by atoms with van der Waals surface area (Å²) < 4.78 is 5.76. The van der Waals surface area contributed by atoms with E-state index in [1.807, 2.05) is 25.7 Å². The zero-order chi connectivity index (χ0) is 20.3. The Morgan fingerprint density at radius 3 is 2.50 bits per heavy atom. The maximum Gasteiger partial charge on any atom is 0.410 e. The molecule has 0 aromatic rings. The Hall–Kier alpha value is -1.82. The summed E-state index contributed by atoms with van der Waals surface area (Å²) in [6.45, 7) is 7.99. The van der Waals surface area contributed by atoms with Gasteiger partial charge in [-0.3, -0.25) is 4.79 Å². The number of hydrogen-bond donors (Lipinski definition) is 1. The second kappa shape index (κ2) is 8.68. The van der Waals surface area contributed by atoms with Gasteiger partial charge in [0.2, 0.25) is 0 Å². The van der Waals surface area contributed by atoms with Gasteiger partial charge in [-0.15, -0.1) is 0 Å². The van der Waals surface area contributed by atoms with Crippen molar-refractivity contribution in [3.63, 3.8) is 0 Å². The minimum Gasteiger partial charge on any atom is -0.481 e. The minimum absolute atomic E-state index is 0.173. The van der Waals surface area contributed by atoms with E-state index in [4.69, 9.17) is 9.84 Å². The van der Waals surface area contributed by atoms with Gasteiger partial charge in [0.1, 0.15) is 5.60 Å². The summed E-state index contributed by atoms with van der Waals surface area (Å²) >= 11 is 0. The van der Waals surface area contributed by atoms with Gasteiger partial charge in [0.25, 0.3) is 0 Å². The predicted octanol–water partition coefficient (Wildman–Crippen LogP) is 3.68. The summed E-state index contributed by atoms with van der Waals surface area (Å²) in [5.41, 5.74) is -0.505. The number of aliphatic carboxylic acids is 1. The van der Waals surface area contributed by atoms with Crippen molar-refractivity contribution >= 4 is 12.1 Å². The number of carboxylic acid groups (broad SMARTS) is 1. The van der Waals surface area contributed by atoms with Crippen LogP contribution in [0.25, 0.3) is 0 Å². The van der Waals surface area contributed by atoms with E-state index < -0.39 is 11.6 Å². The molecule has 2 fully saturated rings. The molecule has 0 aromatic heterocycles. The summed E-state index contributed by atoms with van der Waals surface area (Å²) in [6, 6.07) is 0.431. The Morgan fingerprint density at radius 1 is 1.21 bits per heavy atom. The molecule has 6 heteroatoms. The number of carbonyl (C=O) groups is 2. The minimum atomic E-state index is -0.757. The van der Waals surface area contributed by atoms with Gasteiger partial charge in [-0.05, 0) is 58.3 Å². The van der Waals surface area contributed by atoms with Gasteiger partial charge < -0.3 is 19.6 Å². The number of likely N-dealkylation sites (tertiary alicyclic amines) is 1. The average molecular weight is 391 g/mol.